The Morgan fingerprint density at radius 1 is 1.19 bits per heavy atom. The summed E-state index contributed by atoms with van der Waals surface area (Å²) in [6, 6.07) is 7.25. The molecule has 2 saturated heterocycles. The number of nitrogens with zero attached hydrogens (tertiary/aromatic N) is 1. The fourth-order valence-electron chi connectivity index (χ4n) is 4.10. The van der Waals surface area contributed by atoms with Crippen LogP contribution in [-0.4, -0.2) is 49.6 Å². The molecule has 2 atom stereocenters. The molecule has 1 N–H and O–H groups in total. The highest BCUT2D eigenvalue weighted by molar-refractivity contribution is 7.88. The predicted octanol–water partition coefficient (Wildman–Crippen LogP) is 2.55. The summed E-state index contributed by atoms with van der Waals surface area (Å²) in [5.74, 6) is 0.664. The molecular formula is C19H28N2O4S. The van der Waals surface area contributed by atoms with Gasteiger partial charge in [-0.1, -0.05) is 13.3 Å². The molecule has 0 aliphatic carbocycles. The minimum absolute atomic E-state index is 0.0170. The van der Waals surface area contributed by atoms with Crippen LogP contribution in [0.15, 0.2) is 24.3 Å². The number of nitrogens with one attached hydrogen (secondary N) is 1. The zero-order valence-corrected chi connectivity index (χ0v) is 16.3. The normalized spacial score (nSPS) is 25.8. The van der Waals surface area contributed by atoms with Gasteiger partial charge < -0.3 is 10.1 Å². The molecule has 1 aromatic carbocycles. The lowest BCUT2D eigenvalue weighted by molar-refractivity contribution is 0.0909. The topological polar surface area (TPSA) is 75.7 Å². The van der Waals surface area contributed by atoms with E-state index in [-0.39, 0.29) is 24.0 Å². The summed E-state index contributed by atoms with van der Waals surface area (Å²) in [5.41, 5.74) is 0.603. The number of unbranched alkanes of at least 4 members (excludes halogenated alkanes) is 1. The fourth-order valence-corrected chi connectivity index (χ4v) is 5.57. The summed E-state index contributed by atoms with van der Waals surface area (Å²) in [6.07, 6.45) is 6.52. The summed E-state index contributed by atoms with van der Waals surface area (Å²) < 4.78 is 31.2. The van der Waals surface area contributed by atoms with E-state index in [2.05, 4.69) is 12.2 Å². The Morgan fingerprint density at radius 2 is 1.81 bits per heavy atom. The molecule has 2 aliphatic heterocycles. The highest BCUT2D eigenvalue weighted by Crippen LogP contribution is 2.37. The molecular weight excluding hydrogens is 352 g/mol. The van der Waals surface area contributed by atoms with Gasteiger partial charge in [0.2, 0.25) is 10.0 Å². The number of amides is 1. The molecule has 2 unspecified atom stereocenters. The molecule has 144 valence electrons. The number of hydrogen-bond donors (Lipinski definition) is 1. The first kappa shape index (κ1) is 19.2. The van der Waals surface area contributed by atoms with E-state index in [1.54, 1.807) is 16.4 Å². The van der Waals surface area contributed by atoms with Crippen molar-refractivity contribution in [1.82, 2.24) is 9.62 Å². The van der Waals surface area contributed by atoms with Crippen LogP contribution in [0.1, 0.15) is 55.8 Å². The predicted molar refractivity (Wildman–Crippen MR) is 101 cm³/mol. The van der Waals surface area contributed by atoms with E-state index in [9.17, 15) is 13.2 Å². The molecule has 0 saturated carbocycles. The molecule has 26 heavy (non-hydrogen) atoms. The van der Waals surface area contributed by atoms with Crippen molar-refractivity contribution in [3.63, 3.8) is 0 Å². The van der Waals surface area contributed by atoms with Crippen molar-refractivity contribution in [2.24, 2.45) is 0 Å². The van der Waals surface area contributed by atoms with Crippen LogP contribution in [0.4, 0.5) is 0 Å². The maximum Gasteiger partial charge on any atom is 0.251 e. The SMILES string of the molecule is CCCCOc1ccc(C(=O)NC2CC3CCC(C2)N3S(C)(=O)=O)cc1. The Morgan fingerprint density at radius 3 is 2.35 bits per heavy atom. The summed E-state index contributed by atoms with van der Waals surface area (Å²) in [5, 5.41) is 3.08. The van der Waals surface area contributed by atoms with E-state index in [4.69, 9.17) is 4.74 Å². The van der Waals surface area contributed by atoms with E-state index in [1.165, 1.54) is 6.26 Å². The smallest absolute Gasteiger partial charge is 0.251 e. The molecule has 6 nitrogen and oxygen atoms in total. The number of rotatable bonds is 7. The van der Waals surface area contributed by atoms with Gasteiger partial charge in [-0.15, -0.1) is 0 Å². The van der Waals surface area contributed by atoms with Gasteiger partial charge in [-0.3, -0.25) is 4.79 Å². The Balaban J connectivity index is 1.56. The third-order valence-corrected chi connectivity index (χ3v) is 6.63. The van der Waals surface area contributed by atoms with Gasteiger partial charge in [0.1, 0.15) is 5.75 Å². The molecule has 0 spiro atoms. The zero-order valence-electron chi connectivity index (χ0n) is 15.5. The average molecular weight is 381 g/mol. The van der Waals surface area contributed by atoms with Crippen LogP contribution in [0.5, 0.6) is 5.75 Å². The number of carbonyl (C=O) groups is 1. The van der Waals surface area contributed by atoms with Crippen LogP contribution in [0.25, 0.3) is 0 Å². The first-order chi connectivity index (χ1) is 12.4. The summed E-state index contributed by atoms with van der Waals surface area (Å²) in [4.78, 5) is 12.5. The number of sulfonamides is 1. The standard InChI is InChI=1S/C19H28N2O4S/c1-3-4-11-25-18-9-5-14(6-10-18)19(22)20-15-12-16-7-8-17(13-15)21(16)26(2,23)24/h5-6,9-10,15-17H,3-4,7-8,11-13H2,1-2H3,(H,20,22). The van der Waals surface area contributed by atoms with Gasteiger partial charge in [-0.25, -0.2) is 8.42 Å². The molecule has 3 rings (SSSR count). The maximum atomic E-state index is 12.5. The third kappa shape index (κ3) is 4.38. The van der Waals surface area contributed by atoms with Gasteiger partial charge in [0.05, 0.1) is 12.9 Å². The number of hydrogen-bond acceptors (Lipinski definition) is 4. The second-order valence-corrected chi connectivity index (χ2v) is 9.23. The molecule has 2 heterocycles. The molecule has 2 aliphatic rings. The van der Waals surface area contributed by atoms with E-state index < -0.39 is 10.0 Å². The van der Waals surface area contributed by atoms with Crippen LogP contribution < -0.4 is 10.1 Å². The Labute approximate surface area is 156 Å². The number of piperidine rings is 1. The number of benzene rings is 1. The monoisotopic (exact) mass is 380 g/mol. The lowest BCUT2D eigenvalue weighted by Crippen LogP contribution is -2.52. The maximum absolute atomic E-state index is 12.5. The molecule has 2 fully saturated rings. The van der Waals surface area contributed by atoms with Gasteiger partial charge in [0, 0.05) is 23.7 Å². The number of ether oxygens (including phenoxy) is 1. The minimum Gasteiger partial charge on any atom is -0.494 e. The van der Waals surface area contributed by atoms with Crippen LogP contribution >= 0.6 is 0 Å². The molecule has 1 amide bonds. The van der Waals surface area contributed by atoms with Crippen molar-refractivity contribution in [3.05, 3.63) is 29.8 Å². The van der Waals surface area contributed by atoms with Crippen molar-refractivity contribution in [1.29, 1.82) is 0 Å². The first-order valence-electron chi connectivity index (χ1n) is 9.40. The van der Waals surface area contributed by atoms with Crippen molar-refractivity contribution < 1.29 is 17.9 Å². The van der Waals surface area contributed by atoms with Crippen molar-refractivity contribution in [2.75, 3.05) is 12.9 Å². The van der Waals surface area contributed by atoms with Crippen LogP contribution in [0.2, 0.25) is 0 Å². The lowest BCUT2D eigenvalue weighted by atomic mass is 9.99. The second kappa shape index (κ2) is 7.96. The summed E-state index contributed by atoms with van der Waals surface area (Å²) in [6.45, 7) is 2.80. The quantitative estimate of drug-likeness (QED) is 0.738. The van der Waals surface area contributed by atoms with Crippen molar-refractivity contribution in [2.45, 2.75) is 63.6 Å². The zero-order chi connectivity index (χ0) is 18.7. The third-order valence-electron chi connectivity index (χ3n) is 5.27. The van der Waals surface area contributed by atoms with Crippen LogP contribution in [0, 0.1) is 0 Å². The van der Waals surface area contributed by atoms with Gasteiger partial charge in [-0.2, -0.15) is 4.31 Å². The van der Waals surface area contributed by atoms with E-state index in [1.807, 2.05) is 12.1 Å². The second-order valence-electron chi connectivity index (χ2n) is 7.35. The Bertz CT molecular complexity index is 718. The van der Waals surface area contributed by atoms with E-state index >= 15 is 0 Å². The summed E-state index contributed by atoms with van der Waals surface area (Å²) in [7, 11) is -3.17. The molecule has 0 radical (unpaired) electrons. The Hall–Kier alpha value is -1.60. The molecule has 1 aromatic rings. The van der Waals surface area contributed by atoms with Crippen molar-refractivity contribution in [3.8, 4) is 5.75 Å². The highest BCUT2D eigenvalue weighted by atomic mass is 32.2. The van der Waals surface area contributed by atoms with Gasteiger partial charge in [-0.05, 0) is 56.4 Å². The van der Waals surface area contributed by atoms with Gasteiger partial charge in [0.15, 0.2) is 0 Å². The highest BCUT2D eigenvalue weighted by Gasteiger charge is 2.45. The number of carbonyl (C=O) groups excluding carboxylic acids is 1. The van der Waals surface area contributed by atoms with Crippen LogP contribution in [-0.2, 0) is 10.0 Å². The van der Waals surface area contributed by atoms with Crippen LogP contribution in [0.3, 0.4) is 0 Å². The van der Waals surface area contributed by atoms with E-state index in [0.717, 1.165) is 31.4 Å². The molecule has 2 bridgehead atoms. The Kier molecular flexibility index (Phi) is 5.87. The largest absolute Gasteiger partial charge is 0.494 e. The molecule has 0 aromatic heterocycles. The van der Waals surface area contributed by atoms with Gasteiger partial charge >= 0.3 is 0 Å². The minimum atomic E-state index is -3.17. The fraction of sp³-hybridized carbons (Fsp3) is 0.632. The average Bonchev–Trinajstić information content (AvgIpc) is 2.88. The van der Waals surface area contributed by atoms with Crippen molar-refractivity contribution >= 4 is 15.9 Å². The number of fused-ring (bicyclic) bond motifs is 2. The summed E-state index contributed by atoms with van der Waals surface area (Å²) >= 11 is 0. The van der Waals surface area contributed by atoms with E-state index in [0.29, 0.717) is 25.0 Å². The molecule has 7 heteroatoms. The van der Waals surface area contributed by atoms with Gasteiger partial charge in [0.25, 0.3) is 5.91 Å². The lowest BCUT2D eigenvalue weighted by Gasteiger charge is -2.37. The first-order valence-corrected chi connectivity index (χ1v) is 11.3.